The van der Waals surface area contributed by atoms with Gasteiger partial charge in [0, 0.05) is 11.4 Å². The highest BCUT2D eigenvalue weighted by atomic mass is 32.1. The summed E-state index contributed by atoms with van der Waals surface area (Å²) in [7, 11) is 1.62. The monoisotopic (exact) mass is 395 g/mol. The molecule has 0 fully saturated rings. The van der Waals surface area contributed by atoms with E-state index >= 15 is 0 Å². The normalized spacial score (nSPS) is 10.5. The van der Waals surface area contributed by atoms with Gasteiger partial charge in [0.25, 0.3) is 5.91 Å². The number of thiophene rings is 1. The van der Waals surface area contributed by atoms with Gasteiger partial charge in [-0.3, -0.25) is 9.59 Å². The minimum Gasteiger partial charge on any atom is -0.497 e. The number of anilines is 1. The molecule has 7 heteroatoms. The Kier molecular flexibility index (Phi) is 6.41. The van der Waals surface area contributed by atoms with Crippen LogP contribution in [0.2, 0.25) is 0 Å². The fraction of sp³-hybridized carbons (Fsp3) is 0.143. The lowest BCUT2D eigenvalue weighted by Gasteiger charge is -2.07. The SMILES string of the molecule is COc1ccc(CNCC(=O)Nc2sc(-c3ccccc3)cc2C(N)=O)cc1. The molecule has 0 aliphatic rings. The first-order valence-electron chi connectivity index (χ1n) is 8.69. The molecular weight excluding hydrogens is 374 g/mol. The van der Waals surface area contributed by atoms with Crippen LogP contribution < -0.4 is 21.1 Å². The standard InChI is InChI=1S/C21H21N3O3S/c1-27-16-9-7-14(8-10-16)12-23-13-19(25)24-21-17(20(22)26)11-18(28-21)15-5-3-2-4-6-15/h2-11,23H,12-13H2,1H3,(H2,22,26)(H,24,25). The van der Waals surface area contributed by atoms with Crippen LogP contribution in [0.4, 0.5) is 5.00 Å². The lowest BCUT2D eigenvalue weighted by Crippen LogP contribution is -2.28. The highest BCUT2D eigenvalue weighted by Crippen LogP contribution is 2.35. The fourth-order valence-corrected chi connectivity index (χ4v) is 3.73. The van der Waals surface area contributed by atoms with Crippen molar-refractivity contribution in [2.75, 3.05) is 19.0 Å². The van der Waals surface area contributed by atoms with E-state index in [1.54, 1.807) is 13.2 Å². The topological polar surface area (TPSA) is 93.4 Å². The number of amides is 2. The van der Waals surface area contributed by atoms with Crippen molar-refractivity contribution in [3.05, 3.63) is 71.8 Å². The maximum atomic E-state index is 12.3. The van der Waals surface area contributed by atoms with Crippen molar-refractivity contribution in [2.24, 2.45) is 5.73 Å². The molecular formula is C21H21N3O3S. The molecule has 4 N–H and O–H groups in total. The van der Waals surface area contributed by atoms with Crippen LogP contribution in [-0.2, 0) is 11.3 Å². The number of ether oxygens (including phenoxy) is 1. The molecule has 1 aromatic heterocycles. The number of benzene rings is 2. The quantitative estimate of drug-likeness (QED) is 0.546. The number of nitrogens with two attached hydrogens (primary N) is 1. The van der Waals surface area contributed by atoms with Crippen LogP contribution in [0.15, 0.2) is 60.7 Å². The maximum Gasteiger partial charge on any atom is 0.251 e. The third kappa shape index (κ3) is 4.97. The summed E-state index contributed by atoms with van der Waals surface area (Å²) in [4.78, 5) is 24.9. The average Bonchev–Trinajstić information content (AvgIpc) is 3.13. The van der Waals surface area contributed by atoms with Gasteiger partial charge >= 0.3 is 0 Å². The molecule has 0 atom stereocenters. The van der Waals surface area contributed by atoms with Crippen molar-refractivity contribution >= 4 is 28.2 Å². The van der Waals surface area contributed by atoms with Gasteiger partial charge in [-0.05, 0) is 29.3 Å². The molecule has 0 saturated heterocycles. The first-order valence-corrected chi connectivity index (χ1v) is 9.51. The van der Waals surface area contributed by atoms with Gasteiger partial charge in [0.2, 0.25) is 5.91 Å². The van der Waals surface area contributed by atoms with Gasteiger partial charge in [-0.15, -0.1) is 11.3 Å². The lowest BCUT2D eigenvalue weighted by atomic mass is 10.1. The Bertz CT molecular complexity index is 953. The highest BCUT2D eigenvalue weighted by Gasteiger charge is 2.16. The molecule has 0 spiro atoms. The van der Waals surface area contributed by atoms with Crippen molar-refractivity contribution < 1.29 is 14.3 Å². The van der Waals surface area contributed by atoms with Gasteiger partial charge in [0.1, 0.15) is 10.8 Å². The van der Waals surface area contributed by atoms with Gasteiger partial charge in [0.15, 0.2) is 0 Å². The summed E-state index contributed by atoms with van der Waals surface area (Å²) in [5.74, 6) is -0.0233. The molecule has 144 valence electrons. The minimum atomic E-state index is -0.570. The van der Waals surface area contributed by atoms with E-state index in [2.05, 4.69) is 10.6 Å². The van der Waals surface area contributed by atoms with Crippen LogP contribution in [0.5, 0.6) is 5.75 Å². The molecule has 28 heavy (non-hydrogen) atoms. The Labute approximate surface area is 167 Å². The predicted molar refractivity (Wildman–Crippen MR) is 112 cm³/mol. The van der Waals surface area contributed by atoms with Crippen LogP contribution in [-0.4, -0.2) is 25.5 Å². The molecule has 0 aliphatic heterocycles. The summed E-state index contributed by atoms with van der Waals surface area (Å²) in [5.41, 5.74) is 7.79. The second-order valence-electron chi connectivity index (χ2n) is 6.08. The Morgan fingerprint density at radius 3 is 2.43 bits per heavy atom. The van der Waals surface area contributed by atoms with Crippen molar-refractivity contribution in [2.45, 2.75) is 6.54 Å². The number of rotatable bonds is 8. The average molecular weight is 395 g/mol. The first-order chi connectivity index (χ1) is 13.6. The van der Waals surface area contributed by atoms with Gasteiger partial charge < -0.3 is 21.1 Å². The summed E-state index contributed by atoms with van der Waals surface area (Å²) in [6, 6.07) is 18.9. The number of carbonyl (C=O) groups is 2. The van der Waals surface area contributed by atoms with Crippen molar-refractivity contribution in [1.29, 1.82) is 0 Å². The minimum absolute atomic E-state index is 0.114. The van der Waals surface area contributed by atoms with Gasteiger partial charge in [-0.1, -0.05) is 42.5 Å². The summed E-state index contributed by atoms with van der Waals surface area (Å²) in [6.07, 6.45) is 0. The van der Waals surface area contributed by atoms with Crippen molar-refractivity contribution in [1.82, 2.24) is 5.32 Å². The molecule has 2 amide bonds. The third-order valence-electron chi connectivity index (χ3n) is 4.08. The largest absolute Gasteiger partial charge is 0.497 e. The molecule has 3 rings (SSSR count). The number of carbonyl (C=O) groups excluding carboxylic acids is 2. The highest BCUT2D eigenvalue weighted by molar-refractivity contribution is 7.20. The number of nitrogens with one attached hydrogen (secondary N) is 2. The van der Waals surface area contributed by atoms with E-state index in [1.165, 1.54) is 11.3 Å². The second-order valence-corrected chi connectivity index (χ2v) is 7.14. The van der Waals surface area contributed by atoms with Crippen LogP contribution >= 0.6 is 11.3 Å². The van der Waals surface area contributed by atoms with Crippen molar-refractivity contribution in [3.8, 4) is 16.2 Å². The molecule has 2 aromatic carbocycles. The first kappa shape index (κ1) is 19.6. The summed E-state index contributed by atoms with van der Waals surface area (Å²) < 4.78 is 5.12. The summed E-state index contributed by atoms with van der Waals surface area (Å²) >= 11 is 1.33. The van der Waals surface area contributed by atoms with E-state index in [9.17, 15) is 9.59 Å². The van der Waals surface area contributed by atoms with E-state index in [-0.39, 0.29) is 12.5 Å². The van der Waals surface area contributed by atoms with E-state index in [0.29, 0.717) is 17.1 Å². The van der Waals surface area contributed by atoms with Crippen molar-refractivity contribution in [3.63, 3.8) is 0 Å². The molecule has 0 unspecified atom stereocenters. The van der Waals surface area contributed by atoms with Crippen LogP contribution in [0, 0.1) is 0 Å². The Hall–Kier alpha value is -3.16. The van der Waals surface area contributed by atoms with Crippen LogP contribution in [0.25, 0.3) is 10.4 Å². The van der Waals surface area contributed by atoms with E-state index < -0.39 is 5.91 Å². The summed E-state index contributed by atoms with van der Waals surface area (Å²) in [5, 5.41) is 6.33. The summed E-state index contributed by atoms with van der Waals surface area (Å²) in [6.45, 7) is 0.655. The zero-order chi connectivity index (χ0) is 19.9. The molecule has 1 heterocycles. The molecule has 0 radical (unpaired) electrons. The van der Waals surface area contributed by atoms with Crippen LogP contribution in [0.3, 0.4) is 0 Å². The molecule has 0 aliphatic carbocycles. The van der Waals surface area contributed by atoms with Gasteiger partial charge in [-0.25, -0.2) is 0 Å². The number of primary amides is 1. The fourth-order valence-electron chi connectivity index (χ4n) is 2.65. The zero-order valence-corrected chi connectivity index (χ0v) is 16.2. The lowest BCUT2D eigenvalue weighted by molar-refractivity contribution is -0.115. The molecule has 0 saturated carbocycles. The molecule has 6 nitrogen and oxygen atoms in total. The van der Waals surface area contributed by atoms with Gasteiger partial charge in [-0.2, -0.15) is 0 Å². The maximum absolute atomic E-state index is 12.3. The third-order valence-corrected chi connectivity index (χ3v) is 5.18. The van der Waals surface area contributed by atoms with E-state index in [4.69, 9.17) is 10.5 Å². The zero-order valence-electron chi connectivity index (χ0n) is 15.4. The number of methoxy groups -OCH3 is 1. The number of hydrogen-bond acceptors (Lipinski definition) is 5. The number of hydrogen-bond donors (Lipinski definition) is 3. The Morgan fingerprint density at radius 1 is 1.07 bits per heavy atom. The van der Waals surface area contributed by atoms with Gasteiger partial charge in [0.05, 0.1) is 19.2 Å². The Morgan fingerprint density at radius 2 is 1.79 bits per heavy atom. The second kappa shape index (κ2) is 9.16. The Balaban J connectivity index is 1.61. The van der Waals surface area contributed by atoms with E-state index in [1.807, 2.05) is 54.6 Å². The smallest absolute Gasteiger partial charge is 0.251 e. The molecule has 3 aromatic rings. The predicted octanol–water partition coefficient (Wildman–Crippen LogP) is 3.25. The van der Waals surface area contributed by atoms with Crippen LogP contribution in [0.1, 0.15) is 15.9 Å². The van der Waals surface area contributed by atoms with E-state index in [0.717, 1.165) is 21.8 Å². The molecule has 0 bridgehead atoms.